The lowest BCUT2D eigenvalue weighted by Crippen LogP contribution is -2.21. The van der Waals surface area contributed by atoms with Crippen molar-refractivity contribution in [2.45, 2.75) is 12.5 Å². The summed E-state index contributed by atoms with van der Waals surface area (Å²) >= 11 is 5.15. The van der Waals surface area contributed by atoms with E-state index in [0.717, 1.165) is 16.7 Å². The highest BCUT2D eigenvalue weighted by Crippen LogP contribution is 2.24. The fourth-order valence-corrected chi connectivity index (χ4v) is 2.97. The van der Waals surface area contributed by atoms with Crippen LogP contribution in [0, 0.1) is 0 Å². The van der Waals surface area contributed by atoms with E-state index in [9.17, 15) is 0 Å². The molecule has 0 spiro atoms. The van der Waals surface area contributed by atoms with Crippen molar-refractivity contribution in [3.05, 3.63) is 32.7 Å². The van der Waals surface area contributed by atoms with Gasteiger partial charge in [-0.2, -0.15) is 11.3 Å². The highest BCUT2D eigenvalue weighted by Gasteiger charge is 2.18. The van der Waals surface area contributed by atoms with Gasteiger partial charge in [0.2, 0.25) is 0 Å². The highest BCUT2D eigenvalue weighted by atomic mass is 79.9. The summed E-state index contributed by atoms with van der Waals surface area (Å²) in [6.45, 7) is 0. The molecule has 0 radical (unpaired) electrons. The fourth-order valence-electron chi connectivity index (χ4n) is 1.69. The van der Waals surface area contributed by atoms with Crippen LogP contribution < -0.4 is 5.32 Å². The molecule has 6 heteroatoms. The van der Waals surface area contributed by atoms with Crippen LogP contribution in [0.5, 0.6) is 0 Å². The molecule has 0 bridgehead atoms. The Kier molecular flexibility index (Phi) is 3.73. The first-order valence-electron chi connectivity index (χ1n) is 4.95. The van der Waals surface area contributed by atoms with Crippen molar-refractivity contribution in [2.75, 3.05) is 7.05 Å². The Bertz CT molecular complexity index is 432. The molecule has 4 nitrogen and oxygen atoms in total. The van der Waals surface area contributed by atoms with Gasteiger partial charge in [0.05, 0.1) is 11.7 Å². The van der Waals surface area contributed by atoms with Crippen molar-refractivity contribution in [1.82, 2.24) is 20.3 Å². The molecular formula is C10H13BrN4S. The summed E-state index contributed by atoms with van der Waals surface area (Å²) < 4.78 is 2.61. The first-order chi connectivity index (χ1) is 7.72. The highest BCUT2D eigenvalue weighted by molar-refractivity contribution is 9.10. The number of nitrogens with zero attached hydrogens (tertiary/aromatic N) is 3. The summed E-state index contributed by atoms with van der Waals surface area (Å²) in [5.74, 6) is 0. The van der Waals surface area contributed by atoms with Gasteiger partial charge in [0.25, 0.3) is 0 Å². The Balaban J connectivity index is 2.23. The van der Waals surface area contributed by atoms with Crippen LogP contribution in [0.25, 0.3) is 0 Å². The van der Waals surface area contributed by atoms with Gasteiger partial charge >= 0.3 is 0 Å². The maximum Gasteiger partial charge on any atom is 0.153 e. The Morgan fingerprint density at radius 3 is 2.94 bits per heavy atom. The van der Waals surface area contributed by atoms with E-state index >= 15 is 0 Å². The number of halogens is 1. The SMILES string of the molecule is CNC(Cc1ccsc1)c1c(Br)nnn1C. The maximum absolute atomic E-state index is 4.01. The largest absolute Gasteiger partial charge is 0.311 e. The number of likely N-dealkylation sites (N-methyl/N-ethyl adjacent to an activating group) is 1. The van der Waals surface area contributed by atoms with Gasteiger partial charge in [-0.3, -0.25) is 0 Å². The Hall–Kier alpha value is -0.720. The normalized spacial score (nSPS) is 12.9. The topological polar surface area (TPSA) is 42.7 Å². The lowest BCUT2D eigenvalue weighted by molar-refractivity contribution is 0.534. The van der Waals surface area contributed by atoms with Crippen molar-refractivity contribution >= 4 is 27.3 Å². The van der Waals surface area contributed by atoms with Gasteiger partial charge < -0.3 is 5.32 Å². The predicted octanol–water partition coefficient (Wildman–Crippen LogP) is 2.14. The Labute approximate surface area is 107 Å². The van der Waals surface area contributed by atoms with Crippen LogP contribution in [0.4, 0.5) is 0 Å². The minimum atomic E-state index is 0.226. The molecule has 86 valence electrons. The molecule has 0 aliphatic heterocycles. The Morgan fingerprint density at radius 2 is 2.44 bits per heavy atom. The molecule has 0 aromatic carbocycles. The van der Waals surface area contributed by atoms with E-state index in [2.05, 4.69) is 48.4 Å². The smallest absolute Gasteiger partial charge is 0.153 e. The number of hydrogen-bond acceptors (Lipinski definition) is 4. The van der Waals surface area contributed by atoms with Gasteiger partial charge in [0.1, 0.15) is 0 Å². The summed E-state index contributed by atoms with van der Waals surface area (Å²) in [5.41, 5.74) is 2.41. The summed E-state index contributed by atoms with van der Waals surface area (Å²) in [7, 11) is 3.86. The zero-order valence-corrected chi connectivity index (χ0v) is 11.5. The third kappa shape index (κ3) is 2.34. The van der Waals surface area contributed by atoms with Gasteiger partial charge in [-0.1, -0.05) is 5.21 Å². The molecule has 1 unspecified atom stereocenters. The Morgan fingerprint density at radius 1 is 1.62 bits per heavy atom. The van der Waals surface area contributed by atoms with Gasteiger partial charge in [-0.15, -0.1) is 5.10 Å². The van der Waals surface area contributed by atoms with Gasteiger partial charge in [-0.05, 0) is 51.8 Å². The third-order valence-electron chi connectivity index (χ3n) is 2.53. The number of nitrogens with one attached hydrogen (secondary N) is 1. The molecule has 1 atom stereocenters. The third-order valence-corrected chi connectivity index (χ3v) is 3.82. The number of thiophene rings is 1. The quantitative estimate of drug-likeness (QED) is 0.941. The summed E-state index contributed by atoms with van der Waals surface area (Å²) in [6.07, 6.45) is 0.944. The lowest BCUT2D eigenvalue weighted by atomic mass is 10.1. The van der Waals surface area contributed by atoms with E-state index in [1.54, 1.807) is 16.0 Å². The first-order valence-corrected chi connectivity index (χ1v) is 6.69. The average molecular weight is 301 g/mol. The van der Waals surface area contributed by atoms with Crippen molar-refractivity contribution in [2.24, 2.45) is 7.05 Å². The predicted molar refractivity (Wildman–Crippen MR) is 68.5 cm³/mol. The van der Waals surface area contributed by atoms with Gasteiger partial charge in [0.15, 0.2) is 4.60 Å². The molecule has 0 amide bonds. The molecule has 2 rings (SSSR count). The average Bonchev–Trinajstić information content (AvgIpc) is 2.87. The van der Waals surface area contributed by atoms with E-state index in [-0.39, 0.29) is 6.04 Å². The number of aryl methyl sites for hydroxylation is 1. The zero-order chi connectivity index (χ0) is 11.5. The van der Waals surface area contributed by atoms with E-state index in [1.165, 1.54) is 5.56 Å². The monoisotopic (exact) mass is 300 g/mol. The van der Waals surface area contributed by atoms with Crippen molar-refractivity contribution in [3.8, 4) is 0 Å². The van der Waals surface area contributed by atoms with Gasteiger partial charge in [-0.25, -0.2) is 4.68 Å². The van der Waals surface area contributed by atoms with E-state index in [0.29, 0.717) is 0 Å². The van der Waals surface area contributed by atoms with Crippen LogP contribution in [-0.2, 0) is 13.5 Å². The number of rotatable bonds is 4. The molecule has 0 aliphatic carbocycles. The van der Waals surface area contributed by atoms with Crippen molar-refractivity contribution < 1.29 is 0 Å². The molecule has 2 heterocycles. The molecule has 0 saturated heterocycles. The molecular weight excluding hydrogens is 288 g/mol. The lowest BCUT2D eigenvalue weighted by Gasteiger charge is -2.15. The van der Waals surface area contributed by atoms with Crippen LogP contribution in [-0.4, -0.2) is 22.0 Å². The van der Waals surface area contributed by atoms with Crippen LogP contribution in [0.1, 0.15) is 17.3 Å². The van der Waals surface area contributed by atoms with E-state index < -0.39 is 0 Å². The van der Waals surface area contributed by atoms with Crippen LogP contribution in [0.2, 0.25) is 0 Å². The van der Waals surface area contributed by atoms with Crippen molar-refractivity contribution in [3.63, 3.8) is 0 Å². The minimum Gasteiger partial charge on any atom is -0.311 e. The zero-order valence-electron chi connectivity index (χ0n) is 9.14. The van der Waals surface area contributed by atoms with Crippen molar-refractivity contribution in [1.29, 1.82) is 0 Å². The molecule has 0 saturated carbocycles. The molecule has 1 N–H and O–H groups in total. The molecule has 0 fully saturated rings. The second kappa shape index (κ2) is 5.07. The summed E-state index contributed by atoms with van der Waals surface area (Å²) in [5, 5.41) is 15.6. The number of hydrogen-bond donors (Lipinski definition) is 1. The number of aromatic nitrogens is 3. The molecule has 2 aromatic heterocycles. The molecule has 0 aliphatic rings. The summed E-state index contributed by atoms with van der Waals surface area (Å²) in [4.78, 5) is 0. The second-order valence-corrected chi connectivity index (χ2v) is 5.10. The van der Waals surface area contributed by atoms with E-state index in [4.69, 9.17) is 0 Å². The molecule has 2 aromatic rings. The van der Waals surface area contributed by atoms with E-state index in [1.807, 2.05) is 14.1 Å². The second-order valence-electron chi connectivity index (χ2n) is 3.57. The first kappa shape index (κ1) is 11.8. The standard InChI is InChI=1S/C10H13BrN4S/c1-12-8(5-7-3-4-16-6-7)9-10(11)13-14-15(9)2/h3-4,6,8,12H,5H2,1-2H3. The minimum absolute atomic E-state index is 0.226. The van der Waals surface area contributed by atoms with Crippen LogP contribution in [0.15, 0.2) is 21.4 Å². The fraction of sp³-hybridized carbons (Fsp3) is 0.400. The van der Waals surface area contributed by atoms with Gasteiger partial charge in [0, 0.05) is 7.05 Å². The molecule has 16 heavy (non-hydrogen) atoms. The van der Waals surface area contributed by atoms with Crippen LogP contribution >= 0.6 is 27.3 Å². The summed E-state index contributed by atoms with van der Waals surface area (Å²) in [6, 6.07) is 2.37. The van der Waals surface area contributed by atoms with Crippen LogP contribution in [0.3, 0.4) is 0 Å². The maximum atomic E-state index is 4.01.